The van der Waals surface area contributed by atoms with Gasteiger partial charge < -0.3 is 15.4 Å². The summed E-state index contributed by atoms with van der Waals surface area (Å²) in [5.74, 6) is -2.14. The van der Waals surface area contributed by atoms with Crippen molar-refractivity contribution in [3.63, 3.8) is 0 Å². The van der Waals surface area contributed by atoms with E-state index in [9.17, 15) is 14.4 Å². The highest BCUT2D eigenvalue weighted by Gasteiger charge is 2.74. The number of benzene rings is 2. The predicted octanol–water partition coefficient (Wildman–Crippen LogP) is 1.66. The quantitative estimate of drug-likeness (QED) is 0.661. The van der Waals surface area contributed by atoms with E-state index in [-0.39, 0.29) is 11.8 Å². The first-order chi connectivity index (χ1) is 14.6. The van der Waals surface area contributed by atoms with E-state index in [1.54, 1.807) is 0 Å². The summed E-state index contributed by atoms with van der Waals surface area (Å²) in [4.78, 5) is 40.3. The monoisotopic (exact) mass is 405 g/mol. The van der Waals surface area contributed by atoms with E-state index < -0.39 is 28.9 Å². The molecular formula is C23H23N3O4. The zero-order valence-corrected chi connectivity index (χ0v) is 16.6. The molecule has 3 aliphatic heterocycles. The van der Waals surface area contributed by atoms with Gasteiger partial charge in [0.25, 0.3) is 0 Å². The third kappa shape index (κ3) is 2.26. The average Bonchev–Trinajstić information content (AvgIpc) is 3.24. The molecule has 3 aliphatic rings. The van der Waals surface area contributed by atoms with Crippen molar-refractivity contribution in [1.82, 2.24) is 10.6 Å². The molecule has 3 N–H and O–H groups in total. The van der Waals surface area contributed by atoms with Gasteiger partial charge in [-0.15, -0.1) is 0 Å². The van der Waals surface area contributed by atoms with E-state index in [4.69, 9.17) is 4.74 Å². The fourth-order valence-electron chi connectivity index (χ4n) is 5.63. The third-order valence-electron chi connectivity index (χ3n) is 6.81. The molecule has 4 atom stereocenters. The standard InChI is InChI=1S/C23H23N3O4/c1-30-19(27)17-22(12-7-13-24-20(22)28)26-18(14-8-3-2-4-9-14)23(17)15-10-5-6-11-16(15)25-21(23)29/h2-6,8-11,17-18,26H,7,12-13H2,1H3,(H,24,28)(H,25,29)/t17-,18-,22+,23-/m0/s1. The van der Waals surface area contributed by atoms with Crippen LogP contribution in [0.3, 0.4) is 0 Å². The van der Waals surface area contributed by atoms with E-state index >= 15 is 0 Å². The van der Waals surface area contributed by atoms with Crippen LogP contribution in [0.25, 0.3) is 0 Å². The first-order valence-electron chi connectivity index (χ1n) is 10.2. The lowest BCUT2D eigenvalue weighted by Crippen LogP contribution is -2.63. The molecule has 0 aromatic heterocycles. The summed E-state index contributed by atoms with van der Waals surface area (Å²) in [6.07, 6.45) is 1.15. The minimum Gasteiger partial charge on any atom is -0.469 e. The van der Waals surface area contributed by atoms with Crippen LogP contribution in [-0.2, 0) is 24.5 Å². The van der Waals surface area contributed by atoms with Crippen molar-refractivity contribution in [2.75, 3.05) is 19.0 Å². The summed E-state index contributed by atoms with van der Waals surface area (Å²) in [5, 5.41) is 9.33. The van der Waals surface area contributed by atoms with Crippen LogP contribution >= 0.6 is 0 Å². The molecule has 0 saturated carbocycles. The number of carbonyl (C=O) groups excluding carboxylic acids is 3. The summed E-state index contributed by atoms with van der Waals surface area (Å²) in [5.41, 5.74) is -0.330. The Hall–Kier alpha value is -3.19. The number of anilines is 1. The number of rotatable bonds is 2. The molecule has 0 bridgehead atoms. The number of amides is 2. The van der Waals surface area contributed by atoms with E-state index in [1.807, 2.05) is 54.6 Å². The maximum absolute atomic E-state index is 13.7. The van der Waals surface area contributed by atoms with Gasteiger partial charge in [-0.3, -0.25) is 19.7 Å². The Morgan fingerprint density at radius 2 is 1.77 bits per heavy atom. The summed E-state index contributed by atoms with van der Waals surface area (Å²) < 4.78 is 5.21. The number of hydrogen-bond donors (Lipinski definition) is 3. The molecule has 2 spiro atoms. The number of ether oxygens (including phenoxy) is 1. The highest BCUT2D eigenvalue weighted by molar-refractivity contribution is 6.12. The predicted molar refractivity (Wildman–Crippen MR) is 110 cm³/mol. The minimum atomic E-state index is -1.31. The Bertz CT molecular complexity index is 1040. The second-order valence-electron chi connectivity index (χ2n) is 8.14. The van der Waals surface area contributed by atoms with Crippen LogP contribution in [0.2, 0.25) is 0 Å². The smallest absolute Gasteiger partial charge is 0.312 e. The lowest BCUT2D eigenvalue weighted by Gasteiger charge is -2.39. The minimum absolute atomic E-state index is 0.265. The highest BCUT2D eigenvalue weighted by Crippen LogP contribution is 2.60. The van der Waals surface area contributed by atoms with Crippen LogP contribution in [0, 0.1) is 5.92 Å². The fourth-order valence-corrected chi connectivity index (χ4v) is 5.63. The molecule has 0 aliphatic carbocycles. The summed E-state index contributed by atoms with van der Waals surface area (Å²) in [6.45, 7) is 0.544. The van der Waals surface area contributed by atoms with Gasteiger partial charge in [-0.25, -0.2) is 0 Å². The Morgan fingerprint density at radius 1 is 1.03 bits per heavy atom. The van der Waals surface area contributed by atoms with E-state index in [2.05, 4.69) is 16.0 Å². The zero-order valence-electron chi connectivity index (χ0n) is 16.6. The van der Waals surface area contributed by atoms with Gasteiger partial charge in [0.05, 0.1) is 13.2 Å². The summed E-state index contributed by atoms with van der Waals surface area (Å²) in [6, 6.07) is 16.3. The van der Waals surface area contributed by atoms with Crippen molar-refractivity contribution in [3.8, 4) is 0 Å². The van der Waals surface area contributed by atoms with Gasteiger partial charge in [-0.05, 0) is 30.0 Å². The molecule has 2 aromatic rings. The van der Waals surface area contributed by atoms with Crippen molar-refractivity contribution in [2.45, 2.75) is 29.8 Å². The lowest BCUT2D eigenvalue weighted by atomic mass is 9.61. The topological polar surface area (TPSA) is 96.5 Å². The fraction of sp³-hybridized carbons (Fsp3) is 0.348. The molecule has 154 valence electrons. The van der Waals surface area contributed by atoms with Crippen molar-refractivity contribution in [3.05, 3.63) is 65.7 Å². The van der Waals surface area contributed by atoms with Crippen molar-refractivity contribution in [2.24, 2.45) is 5.92 Å². The van der Waals surface area contributed by atoms with Crippen LogP contribution in [0.1, 0.15) is 30.0 Å². The summed E-state index contributed by atoms with van der Waals surface area (Å²) >= 11 is 0. The van der Waals surface area contributed by atoms with E-state index in [1.165, 1.54) is 7.11 Å². The van der Waals surface area contributed by atoms with Crippen LogP contribution < -0.4 is 16.0 Å². The van der Waals surface area contributed by atoms with Gasteiger partial charge in [0.1, 0.15) is 16.9 Å². The first kappa shape index (κ1) is 18.8. The molecule has 2 fully saturated rings. The summed E-state index contributed by atoms with van der Waals surface area (Å²) in [7, 11) is 1.30. The SMILES string of the molecule is COC(=O)[C@@H]1[C@]2(C(=O)Nc3ccccc32)[C@H](c2ccccc2)N[C@]12CCCNC2=O. The lowest BCUT2D eigenvalue weighted by molar-refractivity contribution is -0.156. The van der Waals surface area contributed by atoms with E-state index in [0.717, 1.165) is 5.56 Å². The van der Waals surface area contributed by atoms with Gasteiger partial charge in [-0.1, -0.05) is 48.5 Å². The van der Waals surface area contributed by atoms with E-state index in [0.29, 0.717) is 30.6 Å². The molecule has 0 radical (unpaired) electrons. The van der Waals surface area contributed by atoms with Gasteiger partial charge in [0, 0.05) is 12.2 Å². The number of fused-ring (bicyclic) bond motifs is 2. The van der Waals surface area contributed by atoms with Crippen molar-refractivity contribution < 1.29 is 19.1 Å². The Labute approximate surface area is 174 Å². The van der Waals surface area contributed by atoms with Crippen LogP contribution in [0.15, 0.2) is 54.6 Å². The molecule has 0 unspecified atom stereocenters. The molecule has 7 heteroatoms. The van der Waals surface area contributed by atoms with Gasteiger partial charge in [-0.2, -0.15) is 0 Å². The zero-order chi connectivity index (χ0) is 20.9. The number of methoxy groups -OCH3 is 1. The maximum Gasteiger partial charge on any atom is 0.312 e. The normalized spacial score (nSPS) is 32.0. The molecule has 5 rings (SSSR count). The van der Waals surface area contributed by atoms with Crippen LogP contribution in [0.4, 0.5) is 5.69 Å². The van der Waals surface area contributed by atoms with Gasteiger partial charge >= 0.3 is 5.97 Å². The van der Waals surface area contributed by atoms with Gasteiger partial charge in [0.15, 0.2) is 0 Å². The Morgan fingerprint density at radius 3 is 2.50 bits per heavy atom. The Balaban J connectivity index is 1.83. The third-order valence-corrected chi connectivity index (χ3v) is 6.81. The number of para-hydroxylation sites is 1. The number of hydrogen-bond acceptors (Lipinski definition) is 5. The molecule has 2 saturated heterocycles. The molecule has 30 heavy (non-hydrogen) atoms. The second-order valence-corrected chi connectivity index (χ2v) is 8.14. The van der Waals surface area contributed by atoms with Crippen LogP contribution in [0.5, 0.6) is 0 Å². The highest BCUT2D eigenvalue weighted by atomic mass is 16.5. The Kier molecular flexibility index (Phi) is 4.18. The number of carbonyl (C=O) groups is 3. The second kappa shape index (κ2) is 6.67. The molecule has 7 nitrogen and oxygen atoms in total. The molecular weight excluding hydrogens is 382 g/mol. The van der Waals surface area contributed by atoms with Crippen molar-refractivity contribution >= 4 is 23.5 Å². The first-order valence-corrected chi connectivity index (χ1v) is 10.2. The average molecular weight is 405 g/mol. The molecule has 2 aromatic carbocycles. The van der Waals surface area contributed by atoms with Crippen LogP contribution in [-0.4, -0.2) is 37.0 Å². The number of esters is 1. The molecule has 2 amide bonds. The number of piperidine rings is 1. The van der Waals surface area contributed by atoms with Crippen molar-refractivity contribution in [1.29, 1.82) is 0 Å². The molecule has 3 heterocycles. The maximum atomic E-state index is 13.7. The largest absolute Gasteiger partial charge is 0.469 e. The van der Waals surface area contributed by atoms with Gasteiger partial charge in [0.2, 0.25) is 11.8 Å². The number of nitrogens with one attached hydrogen (secondary N) is 3.